The summed E-state index contributed by atoms with van der Waals surface area (Å²) in [5.74, 6) is -0.182. The molecule has 0 radical (unpaired) electrons. The topological polar surface area (TPSA) is 46.1 Å². The van der Waals surface area contributed by atoms with Crippen molar-refractivity contribution >= 4 is 0 Å². The number of hydrogen-bond donors (Lipinski definition) is 2. The Bertz CT molecular complexity index is 436. The van der Waals surface area contributed by atoms with Crippen LogP contribution in [0, 0.1) is 5.82 Å². The van der Waals surface area contributed by atoms with Crippen LogP contribution in [0.15, 0.2) is 24.3 Å². The van der Waals surface area contributed by atoms with Crippen LogP contribution in [0.25, 0.3) is 0 Å². The monoisotopic (exact) mass is 268 g/mol. The highest BCUT2D eigenvalue weighted by Gasteiger charge is 2.40. The fourth-order valence-corrected chi connectivity index (χ4v) is 2.78. The zero-order valence-corrected chi connectivity index (χ0v) is 11.7. The number of halogens is 1. The third-order valence-electron chi connectivity index (χ3n) is 3.66. The Morgan fingerprint density at radius 1 is 1.37 bits per heavy atom. The Morgan fingerprint density at radius 3 is 2.79 bits per heavy atom. The van der Waals surface area contributed by atoms with E-state index in [9.17, 15) is 9.50 Å². The summed E-state index contributed by atoms with van der Waals surface area (Å²) in [6.45, 7) is 5.70. The van der Waals surface area contributed by atoms with Gasteiger partial charge in [-0.05, 0) is 19.9 Å². The van der Waals surface area contributed by atoms with Gasteiger partial charge in [0.25, 0.3) is 0 Å². The minimum absolute atomic E-state index is 0.182. The highest BCUT2D eigenvalue weighted by Crippen LogP contribution is 2.30. The van der Waals surface area contributed by atoms with Crippen molar-refractivity contribution in [3.05, 3.63) is 35.6 Å². The minimum atomic E-state index is -0.715. The van der Waals surface area contributed by atoms with Crippen molar-refractivity contribution in [3.8, 4) is 0 Å². The van der Waals surface area contributed by atoms with E-state index in [4.69, 9.17) is 4.74 Å². The van der Waals surface area contributed by atoms with Gasteiger partial charge in [-0.15, -0.1) is 0 Å². The van der Waals surface area contributed by atoms with E-state index in [1.54, 1.807) is 12.1 Å². The first-order valence-electron chi connectivity index (χ1n) is 6.82. The van der Waals surface area contributed by atoms with Gasteiger partial charge in [0.2, 0.25) is 0 Å². The largest absolute Gasteiger partial charge is 0.384 e. The van der Waals surface area contributed by atoms with Crippen LogP contribution in [0.5, 0.6) is 0 Å². The molecule has 1 aromatic carbocycles. The molecule has 0 aromatic heterocycles. The number of rotatable bonds is 4. The molecule has 19 heavy (non-hydrogen) atoms. The maximum atomic E-state index is 13.5. The average molecular weight is 268 g/mol. The second-order valence-corrected chi connectivity index (χ2v) is 6.05. The Kier molecular flexibility index (Phi) is 4.23. The van der Waals surface area contributed by atoms with Crippen molar-refractivity contribution in [1.82, 2.24) is 0 Å². The van der Waals surface area contributed by atoms with E-state index in [0.29, 0.717) is 38.1 Å². The van der Waals surface area contributed by atoms with Crippen LogP contribution in [0.3, 0.4) is 0 Å². The van der Waals surface area contributed by atoms with Crippen LogP contribution in [0.1, 0.15) is 32.3 Å². The maximum Gasteiger partial charge on any atom is 0.132 e. The third-order valence-corrected chi connectivity index (χ3v) is 3.66. The van der Waals surface area contributed by atoms with Crippen LogP contribution in [0.2, 0.25) is 0 Å². The molecule has 1 heterocycles. The van der Waals surface area contributed by atoms with E-state index in [-0.39, 0.29) is 11.4 Å². The summed E-state index contributed by atoms with van der Waals surface area (Å²) in [7, 11) is 0. The minimum Gasteiger partial charge on any atom is -0.384 e. The molecule has 1 atom stereocenters. The highest BCUT2D eigenvalue weighted by atomic mass is 19.1. The van der Waals surface area contributed by atoms with Crippen molar-refractivity contribution in [3.63, 3.8) is 0 Å². The zero-order chi connectivity index (χ0) is 13.9. The van der Waals surface area contributed by atoms with Crippen LogP contribution in [-0.4, -0.2) is 29.5 Å². The molecule has 0 amide bonds. The van der Waals surface area contributed by atoms with Crippen LogP contribution < -0.4 is 5.32 Å². The van der Waals surface area contributed by atoms with E-state index < -0.39 is 5.60 Å². The lowest BCUT2D eigenvalue weighted by atomic mass is 9.84. The SMILES string of the molecule is CC1(C)C[C@@](O)(C[NH2+]Cc2ccccc2F)CCO1. The summed E-state index contributed by atoms with van der Waals surface area (Å²) in [5, 5.41) is 12.5. The van der Waals surface area contributed by atoms with E-state index in [1.807, 2.05) is 25.2 Å². The molecule has 3 N–H and O–H groups in total. The average Bonchev–Trinajstić information content (AvgIpc) is 2.30. The molecule has 0 aliphatic carbocycles. The molecule has 0 spiro atoms. The molecule has 0 bridgehead atoms. The molecule has 106 valence electrons. The predicted octanol–water partition coefficient (Wildman–Crippen LogP) is 1.21. The van der Waals surface area contributed by atoms with E-state index in [2.05, 4.69) is 0 Å². The van der Waals surface area contributed by atoms with Gasteiger partial charge in [-0.2, -0.15) is 0 Å². The fourth-order valence-electron chi connectivity index (χ4n) is 2.78. The first-order chi connectivity index (χ1) is 8.90. The van der Waals surface area contributed by atoms with Gasteiger partial charge in [0, 0.05) is 18.4 Å². The van der Waals surface area contributed by atoms with Crippen molar-refractivity contribution < 1.29 is 19.6 Å². The molecule has 2 rings (SSSR count). The molecule has 1 fully saturated rings. The van der Waals surface area contributed by atoms with E-state index in [0.717, 1.165) is 0 Å². The number of quaternary nitrogens is 1. The molecular weight excluding hydrogens is 245 g/mol. The number of nitrogens with two attached hydrogens (primary N) is 1. The molecular formula is C15H23FNO2+. The summed E-state index contributed by atoms with van der Waals surface area (Å²) < 4.78 is 19.1. The standard InChI is InChI=1S/C15H22FNO2/c1-14(2)10-15(18,7-8-19-14)11-17-9-12-5-3-4-6-13(12)16/h3-6,17-18H,7-11H2,1-2H3/p+1/t15-/m1/s1. The maximum absolute atomic E-state index is 13.5. The normalized spacial score (nSPS) is 26.3. The van der Waals surface area contributed by atoms with Gasteiger partial charge in [0.1, 0.15) is 24.5 Å². The van der Waals surface area contributed by atoms with Gasteiger partial charge < -0.3 is 15.2 Å². The first-order valence-corrected chi connectivity index (χ1v) is 6.82. The van der Waals surface area contributed by atoms with Crippen molar-refractivity contribution in [2.45, 2.75) is 44.4 Å². The molecule has 1 aliphatic rings. The molecule has 0 saturated carbocycles. The summed E-state index contributed by atoms with van der Waals surface area (Å²) >= 11 is 0. The summed E-state index contributed by atoms with van der Waals surface area (Å²) in [6.07, 6.45) is 1.26. The van der Waals surface area contributed by atoms with Gasteiger partial charge in [0.05, 0.1) is 12.2 Å². The second-order valence-electron chi connectivity index (χ2n) is 6.05. The highest BCUT2D eigenvalue weighted by molar-refractivity contribution is 5.15. The fraction of sp³-hybridized carbons (Fsp3) is 0.600. The van der Waals surface area contributed by atoms with Crippen LogP contribution in [0.4, 0.5) is 4.39 Å². The second kappa shape index (κ2) is 5.57. The molecule has 1 aliphatic heterocycles. The number of benzene rings is 1. The van der Waals surface area contributed by atoms with Gasteiger partial charge in [0.15, 0.2) is 0 Å². The Morgan fingerprint density at radius 2 is 2.11 bits per heavy atom. The lowest BCUT2D eigenvalue weighted by Gasteiger charge is -2.40. The number of ether oxygens (including phenoxy) is 1. The Balaban J connectivity index is 1.87. The number of hydrogen-bond acceptors (Lipinski definition) is 2. The van der Waals surface area contributed by atoms with Gasteiger partial charge in [-0.1, -0.05) is 18.2 Å². The Hall–Kier alpha value is -0.970. The van der Waals surface area contributed by atoms with E-state index in [1.165, 1.54) is 6.07 Å². The molecule has 4 heteroatoms. The lowest BCUT2D eigenvalue weighted by molar-refractivity contribution is -0.684. The lowest BCUT2D eigenvalue weighted by Crippen LogP contribution is -2.87. The van der Waals surface area contributed by atoms with Crippen LogP contribution >= 0.6 is 0 Å². The molecule has 0 unspecified atom stereocenters. The third kappa shape index (κ3) is 4.00. The summed E-state index contributed by atoms with van der Waals surface area (Å²) in [6, 6.07) is 6.77. The van der Waals surface area contributed by atoms with Crippen molar-refractivity contribution in [2.24, 2.45) is 0 Å². The first kappa shape index (κ1) is 14.4. The predicted molar refractivity (Wildman–Crippen MR) is 71.1 cm³/mol. The van der Waals surface area contributed by atoms with Crippen molar-refractivity contribution in [2.75, 3.05) is 13.2 Å². The van der Waals surface area contributed by atoms with Gasteiger partial charge in [-0.25, -0.2) is 4.39 Å². The zero-order valence-electron chi connectivity index (χ0n) is 11.7. The molecule has 1 aromatic rings. The van der Waals surface area contributed by atoms with E-state index >= 15 is 0 Å². The summed E-state index contributed by atoms with van der Waals surface area (Å²) in [4.78, 5) is 0. The summed E-state index contributed by atoms with van der Waals surface area (Å²) in [5.41, 5.74) is -0.316. The van der Waals surface area contributed by atoms with Crippen LogP contribution in [-0.2, 0) is 11.3 Å². The van der Waals surface area contributed by atoms with Crippen molar-refractivity contribution in [1.29, 1.82) is 0 Å². The number of aliphatic hydroxyl groups is 1. The van der Waals surface area contributed by atoms with Gasteiger partial charge in [-0.3, -0.25) is 0 Å². The quantitative estimate of drug-likeness (QED) is 0.862. The smallest absolute Gasteiger partial charge is 0.132 e. The van der Waals surface area contributed by atoms with Gasteiger partial charge >= 0.3 is 0 Å². The Labute approximate surface area is 113 Å². The molecule has 3 nitrogen and oxygen atoms in total. The molecule has 1 saturated heterocycles.